The van der Waals surface area contributed by atoms with Gasteiger partial charge in [-0.1, -0.05) is 98.3 Å². The van der Waals surface area contributed by atoms with E-state index in [2.05, 4.69) is 85.8 Å². The molecular weight excluding hydrogens is 344 g/mol. The van der Waals surface area contributed by atoms with Crippen molar-refractivity contribution in [1.82, 2.24) is 0 Å². The molecule has 2 atom stereocenters. The highest BCUT2D eigenvalue weighted by Crippen LogP contribution is 2.45. The molecule has 0 amide bonds. The smallest absolute Gasteiger partial charge is 0.0504 e. The van der Waals surface area contributed by atoms with E-state index < -0.39 is 0 Å². The van der Waals surface area contributed by atoms with E-state index in [1.165, 1.54) is 27.8 Å². The van der Waals surface area contributed by atoms with Gasteiger partial charge in [0.15, 0.2) is 0 Å². The third kappa shape index (κ3) is 4.19. The summed E-state index contributed by atoms with van der Waals surface area (Å²) < 4.78 is 0. The van der Waals surface area contributed by atoms with E-state index in [-0.39, 0.29) is 18.6 Å². The summed E-state index contributed by atoms with van der Waals surface area (Å²) in [6.07, 6.45) is 11.5. The zero-order valence-electron chi connectivity index (χ0n) is 17.0. The maximum atomic E-state index is 8.43. The molecule has 4 rings (SSSR count). The maximum Gasteiger partial charge on any atom is 0.0504 e. The van der Waals surface area contributed by atoms with Gasteiger partial charge in [-0.3, -0.25) is 0 Å². The number of rotatable bonds is 4. The summed E-state index contributed by atoms with van der Waals surface area (Å²) in [5.41, 5.74) is 6.76. The lowest BCUT2D eigenvalue weighted by Gasteiger charge is -2.22. The van der Waals surface area contributed by atoms with Gasteiger partial charge >= 0.3 is 0 Å². The van der Waals surface area contributed by atoms with Gasteiger partial charge in [-0.25, -0.2) is 0 Å². The van der Waals surface area contributed by atoms with Gasteiger partial charge in [0.2, 0.25) is 0 Å². The number of benzene rings is 2. The fourth-order valence-corrected chi connectivity index (χ4v) is 3.68. The SMILES string of the molecule is CC(C)(CO)CO.CC=C(C1C=Cc2ccccc21)C1C=Cc2ccccc21. The standard InChI is InChI=1S/C21H18.C5H12O2/c1-2-17(20-13-11-15-7-3-5-9-18(15)20)21-14-12-16-8-4-6-10-19(16)21;1-5(2,3-6)4-7/h2-14,20-21H,1H3;6-7H,3-4H2,1-2H3. The van der Waals surface area contributed by atoms with Gasteiger partial charge in [0.1, 0.15) is 0 Å². The number of aliphatic hydroxyl groups excluding tert-OH is 2. The van der Waals surface area contributed by atoms with Crippen molar-refractivity contribution in [2.45, 2.75) is 32.6 Å². The summed E-state index contributed by atoms with van der Waals surface area (Å²) in [5.74, 6) is 0.819. The highest BCUT2D eigenvalue weighted by molar-refractivity contribution is 5.69. The molecular formula is C26H30O2. The van der Waals surface area contributed by atoms with Crippen LogP contribution < -0.4 is 0 Å². The zero-order valence-corrected chi connectivity index (χ0v) is 17.0. The molecule has 0 heterocycles. The highest BCUT2D eigenvalue weighted by atomic mass is 16.3. The summed E-state index contributed by atoms with van der Waals surface area (Å²) >= 11 is 0. The predicted octanol–water partition coefficient (Wildman–Crippen LogP) is 5.55. The first-order valence-corrected chi connectivity index (χ1v) is 9.93. The molecule has 2 aromatic rings. The normalized spacial score (nSPS) is 18.9. The molecule has 2 unspecified atom stereocenters. The van der Waals surface area contributed by atoms with Crippen LogP contribution in [0.3, 0.4) is 0 Å². The summed E-state index contributed by atoms with van der Waals surface area (Å²) in [5, 5.41) is 16.9. The second-order valence-corrected chi connectivity index (χ2v) is 8.20. The van der Waals surface area contributed by atoms with Crippen LogP contribution in [-0.4, -0.2) is 23.4 Å². The fourth-order valence-electron chi connectivity index (χ4n) is 3.68. The molecule has 0 saturated heterocycles. The number of hydrogen-bond acceptors (Lipinski definition) is 2. The van der Waals surface area contributed by atoms with E-state index in [1.54, 1.807) is 13.8 Å². The predicted molar refractivity (Wildman–Crippen MR) is 118 cm³/mol. The van der Waals surface area contributed by atoms with Gasteiger partial charge in [-0.2, -0.15) is 0 Å². The minimum Gasteiger partial charge on any atom is -0.396 e. The van der Waals surface area contributed by atoms with Gasteiger partial charge in [0, 0.05) is 17.3 Å². The minimum atomic E-state index is -0.306. The lowest BCUT2D eigenvalue weighted by molar-refractivity contribution is 0.0857. The van der Waals surface area contributed by atoms with Crippen LogP contribution in [0.5, 0.6) is 0 Å². The van der Waals surface area contributed by atoms with Gasteiger partial charge < -0.3 is 10.2 Å². The Balaban J connectivity index is 0.000000279. The molecule has 0 saturated carbocycles. The summed E-state index contributed by atoms with van der Waals surface area (Å²) in [7, 11) is 0. The molecule has 2 nitrogen and oxygen atoms in total. The lowest BCUT2D eigenvalue weighted by atomic mass is 9.82. The van der Waals surface area contributed by atoms with Crippen molar-refractivity contribution in [2.24, 2.45) is 5.41 Å². The Labute approximate surface area is 168 Å². The number of aliphatic hydroxyl groups is 2. The molecule has 0 aromatic heterocycles. The van der Waals surface area contributed by atoms with Crippen molar-refractivity contribution in [2.75, 3.05) is 13.2 Å². The first-order valence-electron chi connectivity index (χ1n) is 9.93. The van der Waals surface area contributed by atoms with Crippen LogP contribution in [0.1, 0.15) is 54.9 Å². The Bertz CT molecular complexity index is 833. The van der Waals surface area contributed by atoms with Crippen molar-refractivity contribution in [3.8, 4) is 0 Å². The van der Waals surface area contributed by atoms with Crippen molar-refractivity contribution in [3.05, 3.63) is 94.6 Å². The van der Waals surface area contributed by atoms with Crippen LogP contribution in [0.15, 0.2) is 72.3 Å². The third-order valence-corrected chi connectivity index (χ3v) is 5.51. The second kappa shape index (κ2) is 8.72. The first kappa shape index (κ1) is 20.3. The number of allylic oxidation sites excluding steroid dienone is 4. The molecule has 28 heavy (non-hydrogen) atoms. The monoisotopic (exact) mass is 374 g/mol. The second-order valence-electron chi connectivity index (χ2n) is 8.20. The first-order chi connectivity index (χ1) is 13.5. The van der Waals surface area contributed by atoms with E-state index >= 15 is 0 Å². The van der Waals surface area contributed by atoms with Crippen molar-refractivity contribution >= 4 is 12.2 Å². The minimum absolute atomic E-state index is 0.0451. The Morgan fingerprint density at radius 1 is 0.821 bits per heavy atom. The molecule has 2 aliphatic carbocycles. The molecule has 0 aliphatic heterocycles. The van der Waals surface area contributed by atoms with E-state index in [0.717, 1.165) is 0 Å². The highest BCUT2D eigenvalue weighted by Gasteiger charge is 2.28. The summed E-state index contributed by atoms with van der Waals surface area (Å²) in [4.78, 5) is 0. The lowest BCUT2D eigenvalue weighted by Crippen LogP contribution is -2.20. The summed E-state index contributed by atoms with van der Waals surface area (Å²) in [6.45, 7) is 5.85. The van der Waals surface area contributed by atoms with Gasteiger partial charge in [-0.15, -0.1) is 0 Å². The van der Waals surface area contributed by atoms with Gasteiger partial charge in [-0.05, 0) is 29.2 Å². The topological polar surface area (TPSA) is 40.5 Å². The molecule has 0 fully saturated rings. The quantitative estimate of drug-likeness (QED) is 0.689. The van der Waals surface area contributed by atoms with Crippen LogP contribution in [0, 0.1) is 5.41 Å². The molecule has 2 aromatic carbocycles. The van der Waals surface area contributed by atoms with Gasteiger partial charge in [0.05, 0.1) is 13.2 Å². The van der Waals surface area contributed by atoms with Crippen LogP contribution in [0.2, 0.25) is 0 Å². The van der Waals surface area contributed by atoms with E-state index in [4.69, 9.17) is 10.2 Å². The van der Waals surface area contributed by atoms with Crippen molar-refractivity contribution < 1.29 is 10.2 Å². The molecule has 0 spiro atoms. The Kier molecular flexibility index (Phi) is 6.33. The summed E-state index contributed by atoms with van der Waals surface area (Å²) in [6, 6.07) is 17.4. The Morgan fingerprint density at radius 3 is 1.61 bits per heavy atom. The molecule has 2 aliphatic rings. The van der Waals surface area contributed by atoms with Gasteiger partial charge in [0.25, 0.3) is 0 Å². The van der Waals surface area contributed by atoms with E-state index in [0.29, 0.717) is 11.8 Å². The average Bonchev–Trinajstić information content (AvgIpc) is 3.35. The molecule has 0 bridgehead atoms. The van der Waals surface area contributed by atoms with E-state index in [1.807, 2.05) is 0 Å². The van der Waals surface area contributed by atoms with Crippen LogP contribution in [-0.2, 0) is 0 Å². The van der Waals surface area contributed by atoms with E-state index in [9.17, 15) is 0 Å². The molecule has 2 N–H and O–H groups in total. The Hall–Kier alpha value is -2.42. The van der Waals surface area contributed by atoms with Crippen molar-refractivity contribution in [3.63, 3.8) is 0 Å². The Morgan fingerprint density at radius 2 is 1.25 bits per heavy atom. The number of fused-ring (bicyclic) bond motifs is 2. The van der Waals surface area contributed by atoms with Crippen LogP contribution >= 0.6 is 0 Å². The average molecular weight is 375 g/mol. The van der Waals surface area contributed by atoms with Crippen LogP contribution in [0.25, 0.3) is 12.2 Å². The van der Waals surface area contributed by atoms with Crippen LogP contribution in [0.4, 0.5) is 0 Å². The third-order valence-electron chi connectivity index (χ3n) is 5.51. The van der Waals surface area contributed by atoms with Crippen molar-refractivity contribution in [1.29, 1.82) is 0 Å². The molecule has 2 heteroatoms. The fraction of sp³-hybridized carbons (Fsp3) is 0.308. The molecule has 0 radical (unpaired) electrons. The number of hydrogen-bond donors (Lipinski definition) is 2. The zero-order chi connectivity index (χ0) is 20.1. The largest absolute Gasteiger partial charge is 0.396 e. The molecule has 146 valence electrons. The maximum absolute atomic E-state index is 8.43.